The molecule has 0 bridgehead atoms. The third-order valence-electron chi connectivity index (χ3n) is 4.50. The zero-order valence-corrected chi connectivity index (χ0v) is 17.7. The molecule has 0 saturated carbocycles. The number of ether oxygens (including phenoxy) is 1. The third-order valence-corrected chi connectivity index (χ3v) is 5.68. The fourth-order valence-corrected chi connectivity index (χ4v) is 3.98. The average molecular weight is 398 g/mol. The van der Waals surface area contributed by atoms with E-state index in [1.807, 2.05) is 20.8 Å². The molecule has 0 amide bonds. The lowest BCUT2D eigenvalue weighted by atomic mass is 10.1. The van der Waals surface area contributed by atoms with Gasteiger partial charge in [0.05, 0.1) is 12.0 Å². The van der Waals surface area contributed by atoms with Gasteiger partial charge >= 0.3 is 5.97 Å². The maximum absolute atomic E-state index is 12.5. The Morgan fingerprint density at radius 2 is 1.96 bits per heavy atom. The number of nitrogens with one attached hydrogen (secondary N) is 1. The first-order valence-electron chi connectivity index (χ1n) is 9.76. The fourth-order valence-electron chi connectivity index (χ4n) is 2.94. The van der Waals surface area contributed by atoms with Crippen molar-refractivity contribution >= 4 is 39.0 Å². The Hall–Kier alpha value is -2.47. The van der Waals surface area contributed by atoms with Crippen molar-refractivity contribution in [2.45, 2.75) is 47.0 Å². The van der Waals surface area contributed by atoms with Crippen LogP contribution >= 0.6 is 11.3 Å². The maximum atomic E-state index is 12.5. The predicted molar refractivity (Wildman–Crippen MR) is 116 cm³/mol. The summed E-state index contributed by atoms with van der Waals surface area (Å²) in [5.74, 6) is 0.722. The molecule has 0 fully saturated rings. The van der Waals surface area contributed by atoms with Crippen molar-refractivity contribution in [2.24, 2.45) is 5.92 Å². The number of hydrogen-bond donors (Lipinski definition) is 1. The number of carbonyl (C=O) groups excluding carboxylic acids is 1. The topological polar surface area (TPSA) is 64.1 Å². The second kappa shape index (κ2) is 9.15. The molecule has 2 aromatic heterocycles. The summed E-state index contributed by atoms with van der Waals surface area (Å²) in [5, 5.41) is 4.25. The molecule has 0 aliphatic heterocycles. The van der Waals surface area contributed by atoms with Crippen LogP contribution < -0.4 is 5.32 Å². The minimum absolute atomic E-state index is 0.291. The van der Waals surface area contributed by atoms with Gasteiger partial charge in [0.1, 0.15) is 21.9 Å². The van der Waals surface area contributed by atoms with E-state index in [1.54, 1.807) is 0 Å². The van der Waals surface area contributed by atoms with E-state index in [2.05, 4.69) is 46.5 Å². The van der Waals surface area contributed by atoms with Crippen molar-refractivity contribution < 1.29 is 9.53 Å². The highest BCUT2D eigenvalue weighted by Gasteiger charge is 2.20. The van der Waals surface area contributed by atoms with Gasteiger partial charge in [-0.1, -0.05) is 39.3 Å². The van der Waals surface area contributed by atoms with E-state index in [0.717, 1.165) is 27.9 Å². The standard InChI is InChI=1S/C22H27N3O2S/c1-5-6-7-16-8-10-17(11-9-16)25-20-18-15(4)19(22(26)27-12-14(2)3)28-21(18)24-13-23-20/h8-11,13-14H,5-7,12H2,1-4H3,(H,23,24,25). The van der Waals surface area contributed by atoms with Gasteiger partial charge in [-0.15, -0.1) is 11.3 Å². The van der Waals surface area contributed by atoms with Crippen LogP contribution in [0, 0.1) is 12.8 Å². The molecule has 2 heterocycles. The zero-order chi connectivity index (χ0) is 20.1. The van der Waals surface area contributed by atoms with E-state index in [4.69, 9.17) is 4.74 Å². The van der Waals surface area contributed by atoms with E-state index in [-0.39, 0.29) is 5.97 Å². The number of thiophene rings is 1. The molecule has 3 aromatic rings. The molecule has 0 saturated heterocycles. The molecule has 6 heteroatoms. The minimum atomic E-state index is -0.291. The number of aromatic nitrogens is 2. The van der Waals surface area contributed by atoms with Crippen LogP contribution in [-0.2, 0) is 11.2 Å². The summed E-state index contributed by atoms with van der Waals surface area (Å²) in [4.78, 5) is 22.6. The van der Waals surface area contributed by atoms with Crippen molar-refractivity contribution in [3.63, 3.8) is 0 Å². The summed E-state index contributed by atoms with van der Waals surface area (Å²) in [6.45, 7) is 8.57. The van der Waals surface area contributed by atoms with Crippen molar-refractivity contribution in [3.05, 3.63) is 46.6 Å². The number of anilines is 2. The largest absolute Gasteiger partial charge is 0.461 e. The lowest BCUT2D eigenvalue weighted by Crippen LogP contribution is -2.09. The van der Waals surface area contributed by atoms with Crippen LogP contribution in [0.4, 0.5) is 11.5 Å². The number of rotatable bonds is 8. The molecular weight excluding hydrogens is 370 g/mol. The number of hydrogen-bond acceptors (Lipinski definition) is 6. The SMILES string of the molecule is CCCCc1ccc(Nc2ncnc3sc(C(=O)OCC(C)C)c(C)c23)cc1. The lowest BCUT2D eigenvalue weighted by molar-refractivity contribution is 0.0464. The number of nitrogens with zero attached hydrogens (tertiary/aromatic N) is 2. The van der Waals surface area contributed by atoms with Crippen LogP contribution in [0.5, 0.6) is 0 Å². The van der Waals surface area contributed by atoms with Gasteiger partial charge < -0.3 is 10.1 Å². The Morgan fingerprint density at radius 3 is 2.64 bits per heavy atom. The molecule has 1 N–H and O–H groups in total. The van der Waals surface area contributed by atoms with Crippen LogP contribution in [0.25, 0.3) is 10.2 Å². The molecule has 0 radical (unpaired) electrons. The van der Waals surface area contributed by atoms with E-state index < -0.39 is 0 Å². The number of unbranched alkanes of at least 4 members (excludes halogenated alkanes) is 1. The van der Waals surface area contributed by atoms with Gasteiger partial charge in [0, 0.05) is 5.69 Å². The zero-order valence-electron chi connectivity index (χ0n) is 16.9. The van der Waals surface area contributed by atoms with Crippen molar-refractivity contribution in [2.75, 3.05) is 11.9 Å². The summed E-state index contributed by atoms with van der Waals surface area (Å²) in [7, 11) is 0. The maximum Gasteiger partial charge on any atom is 0.348 e. The van der Waals surface area contributed by atoms with E-state index >= 15 is 0 Å². The van der Waals surface area contributed by atoms with E-state index in [0.29, 0.717) is 23.2 Å². The van der Waals surface area contributed by atoms with Gasteiger partial charge in [-0.05, 0) is 48.9 Å². The van der Waals surface area contributed by atoms with Gasteiger partial charge in [-0.3, -0.25) is 0 Å². The molecule has 5 nitrogen and oxygen atoms in total. The molecule has 0 spiro atoms. The first-order chi connectivity index (χ1) is 13.5. The fraction of sp³-hybridized carbons (Fsp3) is 0.409. The summed E-state index contributed by atoms with van der Waals surface area (Å²) in [6, 6.07) is 8.42. The third kappa shape index (κ3) is 4.68. The highest BCUT2D eigenvalue weighted by molar-refractivity contribution is 7.20. The van der Waals surface area contributed by atoms with Crippen LogP contribution in [0.2, 0.25) is 0 Å². The molecule has 3 rings (SSSR count). The summed E-state index contributed by atoms with van der Waals surface area (Å²) < 4.78 is 5.41. The average Bonchev–Trinajstić information content (AvgIpc) is 3.03. The van der Waals surface area contributed by atoms with E-state index in [9.17, 15) is 4.79 Å². The number of carbonyl (C=O) groups is 1. The smallest absolute Gasteiger partial charge is 0.348 e. The summed E-state index contributed by atoms with van der Waals surface area (Å²) >= 11 is 1.35. The minimum Gasteiger partial charge on any atom is -0.461 e. The number of aryl methyl sites for hydroxylation is 2. The first-order valence-corrected chi connectivity index (χ1v) is 10.6. The monoisotopic (exact) mass is 397 g/mol. The molecule has 148 valence electrons. The van der Waals surface area contributed by atoms with Crippen LogP contribution in [0.1, 0.15) is 54.4 Å². The Balaban J connectivity index is 1.85. The molecule has 0 atom stereocenters. The van der Waals surface area contributed by atoms with Crippen LogP contribution in [-0.4, -0.2) is 22.5 Å². The highest BCUT2D eigenvalue weighted by Crippen LogP contribution is 2.35. The Labute approximate surface area is 170 Å². The van der Waals surface area contributed by atoms with Crippen molar-refractivity contribution in [1.82, 2.24) is 9.97 Å². The summed E-state index contributed by atoms with van der Waals surface area (Å²) in [5.41, 5.74) is 3.16. The summed E-state index contributed by atoms with van der Waals surface area (Å²) in [6.07, 6.45) is 5.01. The normalized spacial score (nSPS) is 11.2. The molecule has 0 aliphatic carbocycles. The molecule has 1 aromatic carbocycles. The highest BCUT2D eigenvalue weighted by atomic mass is 32.1. The van der Waals surface area contributed by atoms with Gasteiger partial charge in [-0.2, -0.15) is 0 Å². The van der Waals surface area contributed by atoms with E-state index in [1.165, 1.54) is 36.1 Å². The predicted octanol–water partition coefficient (Wildman–Crippen LogP) is 5.90. The van der Waals surface area contributed by atoms with Gasteiger partial charge in [0.2, 0.25) is 0 Å². The quantitative estimate of drug-likeness (QED) is 0.480. The molecule has 28 heavy (non-hydrogen) atoms. The van der Waals surface area contributed by atoms with Gasteiger partial charge in [-0.25, -0.2) is 14.8 Å². The van der Waals surface area contributed by atoms with Gasteiger partial charge in [0.15, 0.2) is 0 Å². The molecular formula is C22H27N3O2S. The first kappa shape index (κ1) is 20.3. The number of esters is 1. The number of benzene rings is 1. The Morgan fingerprint density at radius 1 is 1.21 bits per heavy atom. The Bertz CT molecular complexity index is 948. The van der Waals surface area contributed by atoms with Crippen LogP contribution in [0.15, 0.2) is 30.6 Å². The molecule has 0 aliphatic rings. The Kier molecular flexibility index (Phi) is 6.62. The second-order valence-corrected chi connectivity index (χ2v) is 8.38. The van der Waals surface area contributed by atoms with Crippen molar-refractivity contribution in [3.8, 4) is 0 Å². The molecule has 0 unspecified atom stereocenters. The second-order valence-electron chi connectivity index (χ2n) is 7.38. The van der Waals surface area contributed by atoms with Crippen LogP contribution in [0.3, 0.4) is 0 Å². The van der Waals surface area contributed by atoms with Crippen molar-refractivity contribution in [1.29, 1.82) is 0 Å². The lowest BCUT2D eigenvalue weighted by Gasteiger charge is -2.09. The number of fused-ring (bicyclic) bond motifs is 1. The van der Waals surface area contributed by atoms with Gasteiger partial charge in [0.25, 0.3) is 0 Å².